The standard InChI is InChI=1S/C16H14ClNO/c1-11-5-2-3-8-15(11)19-10-13-9-12-6-4-7-14(17)16(12)18-13/h2-9,18H,10H2,1H3. The van der Waals surface area contributed by atoms with E-state index in [1.807, 2.05) is 49.4 Å². The van der Waals surface area contributed by atoms with Gasteiger partial charge in [-0.15, -0.1) is 0 Å². The first-order chi connectivity index (χ1) is 9.24. The maximum atomic E-state index is 6.14. The lowest BCUT2D eigenvalue weighted by Crippen LogP contribution is -1.96. The van der Waals surface area contributed by atoms with Crippen LogP contribution in [0.15, 0.2) is 48.5 Å². The fourth-order valence-corrected chi connectivity index (χ4v) is 2.36. The number of hydrogen-bond donors (Lipinski definition) is 1. The highest BCUT2D eigenvalue weighted by molar-refractivity contribution is 6.35. The number of aromatic amines is 1. The molecule has 0 saturated heterocycles. The number of hydrogen-bond acceptors (Lipinski definition) is 1. The molecule has 1 aromatic heterocycles. The highest BCUT2D eigenvalue weighted by Crippen LogP contribution is 2.24. The zero-order valence-electron chi connectivity index (χ0n) is 10.6. The van der Waals surface area contributed by atoms with Crippen molar-refractivity contribution in [3.8, 4) is 5.75 Å². The molecule has 3 rings (SSSR count). The summed E-state index contributed by atoms with van der Waals surface area (Å²) in [6.45, 7) is 2.55. The van der Waals surface area contributed by atoms with Gasteiger partial charge in [0.25, 0.3) is 0 Å². The quantitative estimate of drug-likeness (QED) is 0.733. The Hall–Kier alpha value is -1.93. The molecule has 2 nitrogen and oxygen atoms in total. The van der Waals surface area contributed by atoms with E-state index in [0.717, 1.165) is 32.9 Å². The van der Waals surface area contributed by atoms with Gasteiger partial charge >= 0.3 is 0 Å². The van der Waals surface area contributed by atoms with Gasteiger partial charge in [0.1, 0.15) is 12.4 Å². The van der Waals surface area contributed by atoms with Crippen LogP contribution in [0.4, 0.5) is 0 Å². The Bertz CT molecular complexity index is 718. The number of aromatic nitrogens is 1. The van der Waals surface area contributed by atoms with Crippen LogP contribution >= 0.6 is 11.6 Å². The van der Waals surface area contributed by atoms with Gasteiger partial charge in [-0.25, -0.2) is 0 Å². The van der Waals surface area contributed by atoms with E-state index < -0.39 is 0 Å². The molecule has 0 fully saturated rings. The molecule has 0 bridgehead atoms. The monoisotopic (exact) mass is 271 g/mol. The fraction of sp³-hybridized carbons (Fsp3) is 0.125. The van der Waals surface area contributed by atoms with E-state index in [1.54, 1.807) is 0 Å². The third kappa shape index (κ3) is 2.45. The number of rotatable bonds is 3. The van der Waals surface area contributed by atoms with Crippen molar-refractivity contribution in [2.75, 3.05) is 0 Å². The largest absolute Gasteiger partial charge is 0.487 e. The number of halogens is 1. The van der Waals surface area contributed by atoms with Crippen LogP contribution in [0.2, 0.25) is 5.02 Å². The molecule has 96 valence electrons. The van der Waals surface area contributed by atoms with Gasteiger partial charge in [-0.3, -0.25) is 0 Å². The Morgan fingerprint density at radius 3 is 2.74 bits per heavy atom. The average Bonchev–Trinajstić information content (AvgIpc) is 2.82. The third-order valence-corrected chi connectivity index (χ3v) is 3.45. The molecular weight excluding hydrogens is 258 g/mol. The van der Waals surface area contributed by atoms with E-state index in [-0.39, 0.29) is 0 Å². The van der Waals surface area contributed by atoms with E-state index in [0.29, 0.717) is 6.61 Å². The van der Waals surface area contributed by atoms with Crippen molar-refractivity contribution in [1.29, 1.82) is 0 Å². The highest BCUT2D eigenvalue weighted by Gasteiger charge is 2.05. The number of nitrogens with one attached hydrogen (secondary N) is 1. The van der Waals surface area contributed by atoms with Crippen LogP contribution in [-0.2, 0) is 6.61 Å². The van der Waals surface area contributed by atoms with Crippen molar-refractivity contribution in [3.05, 3.63) is 64.8 Å². The first kappa shape index (κ1) is 12.1. The Morgan fingerprint density at radius 1 is 1.11 bits per heavy atom. The lowest BCUT2D eigenvalue weighted by Gasteiger charge is -2.07. The number of H-pyrrole nitrogens is 1. The van der Waals surface area contributed by atoms with Crippen molar-refractivity contribution in [1.82, 2.24) is 4.98 Å². The molecule has 1 heterocycles. The summed E-state index contributed by atoms with van der Waals surface area (Å²) in [4.78, 5) is 3.30. The number of para-hydroxylation sites is 2. The second-order valence-corrected chi connectivity index (χ2v) is 4.96. The lowest BCUT2D eigenvalue weighted by atomic mass is 10.2. The van der Waals surface area contributed by atoms with Crippen LogP contribution in [0.3, 0.4) is 0 Å². The zero-order chi connectivity index (χ0) is 13.2. The minimum atomic E-state index is 0.510. The molecule has 0 aliphatic heterocycles. The third-order valence-electron chi connectivity index (χ3n) is 3.14. The van der Waals surface area contributed by atoms with Crippen LogP contribution in [0.25, 0.3) is 10.9 Å². The molecule has 0 aliphatic carbocycles. The zero-order valence-corrected chi connectivity index (χ0v) is 11.4. The van der Waals surface area contributed by atoms with Crippen LogP contribution in [0.5, 0.6) is 5.75 Å². The van der Waals surface area contributed by atoms with Crippen molar-refractivity contribution < 1.29 is 4.74 Å². The molecule has 2 aromatic carbocycles. The van der Waals surface area contributed by atoms with Crippen molar-refractivity contribution in [3.63, 3.8) is 0 Å². The molecule has 19 heavy (non-hydrogen) atoms. The van der Waals surface area contributed by atoms with Crippen LogP contribution in [0, 0.1) is 6.92 Å². The predicted octanol–water partition coefficient (Wildman–Crippen LogP) is 4.71. The molecule has 0 atom stereocenters. The number of ether oxygens (including phenoxy) is 1. The van der Waals surface area contributed by atoms with E-state index in [1.165, 1.54) is 0 Å². The highest BCUT2D eigenvalue weighted by atomic mass is 35.5. The Morgan fingerprint density at radius 2 is 1.95 bits per heavy atom. The maximum Gasteiger partial charge on any atom is 0.128 e. The van der Waals surface area contributed by atoms with Crippen molar-refractivity contribution in [2.24, 2.45) is 0 Å². The second-order valence-electron chi connectivity index (χ2n) is 4.55. The summed E-state index contributed by atoms with van der Waals surface area (Å²) in [5.41, 5.74) is 3.12. The van der Waals surface area contributed by atoms with Crippen LogP contribution < -0.4 is 4.74 Å². The fourth-order valence-electron chi connectivity index (χ4n) is 2.13. The summed E-state index contributed by atoms with van der Waals surface area (Å²) in [5.74, 6) is 0.909. The van der Waals surface area contributed by atoms with Crippen molar-refractivity contribution in [2.45, 2.75) is 13.5 Å². The molecule has 0 aliphatic rings. The van der Waals surface area contributed by atoms with Gasteiger partial charge in [-0.2, -0.15) is 0 Å². The number of aryl methyl sites for hydroxylation is 1. The summed E-state index contributed by atoms with van der Waals surface area (Å²) >= 11 is 6.14. The summed E-state index contributed by atoms with van der Waals surface area (Å²) in [6, 6.07) is 15.9. The molecule has 0 spiro atoms. The smallest absolute Gasteiger partial charge is 0.128 e. The number of benzene rings is 2. The molecule has 0 amide bonds. The minimum Gasteiger partial charge on any atom is -0.487 e. The molecule has 3 aromatic rings. The summed E-state index contributed by atoms with van der Waals surface area (Å²) in [6.07, 6.45) is 0. The van der Waals surface area contributed by atoms with E-state index >= 15 is 0 Å². The van der Waals surface area contributed by atoms with Gasteiger partial charge in [-0.1, -0.05) is 41.9 Å². The molecule has 0 saturated carbocycles. The van der Waals surface area contributed by atoms with Gasteiger partial charge in [0, 0.05) is 5.39 Å². The second kappa shape index (κ2) is 4.98. The van der Waals surface area contributed by atoms with E-state index in [4.69, 9.17) is 16.3 Å². The summed E-state index contributed by atoms with van der Waals surface area (Å²) < 4.78 is 5.82. The first-order valence-electron chi connectivity index (χ1n) is 6.18. The Kier molecular flexibility index (Phi) is 3.18. The van der Waals surface area contributed by atoms with Gasteiger partial charge < -0.3 is 9.72 Å². The van der Waals surface area contributed by atoms with Crippen LogP contribution in [-0.4, -0.2) is 4.98 Å². The average molecular weight is 272 g/mol. The maximum absolute atomic E-state index is 6.14. The van der Waals surface area contributed by atoms with E-state index in [9.17, 15) is 0 Å². The van der Waals surface area contributed by atoms with Gasteiger partial charge in [-0.05, 0) is 30.7 Å². The van der Waals surface area contributed by atoms with Gasteiger partial charge in [0.05, 0.1) is 16.2 Å². The SMILES string of the molecule is Cc1ccccc1OCc1cc2cccc(Cl)c2[nH]1. The Balaban J connectivity index is 1.83. The van der Waals surface area contributed by atoms with E-state index in [2.05, 4.69) is 11.1 Å². The summed E-state index contributed by atoms with van der Waals surface area (Å²) in [5, 5.41) is 1.84. The van der Waals surface area contributed by atoms with Crippen molar-refractivity contribution >= 4 is 22.5 Å². The van der Waals surface area contributed by atoms with Crippen LogP contribution in [0.1, 0.15) is 11.3 Å². The summed E-state index contributed by atoms with van der Waals surface area (Å²) in [7, 11) is 0. The molecule has 0 unspecified atom stereocenters. The first-order valence-corrected chi connectivity index (χ1v) is 6.56. The topological polar surface area (TPSA) is 25.0 Å². The normalized spacial score (nSPS) is 10.8. The minimum absolute atomic E-state index is 0.510. The van der Waals surface area contributed by atoms with Gasteiger partial charge in [0.2, 0.25) is 0 Å². The molecule has 3 heteroatoms. The lowest BCUT2D eigenvalue weighted by molar-refractivity contribution is 0.300. The number of fused-ring (bicyclic) bond motifs is 1. The molecule has 0 radical (unpaired) electrons. The molecule has 1 N–H and O–H groups in total. The molecular formula is C16H14ClNO. The predicted molar refractivity (Wildman–Crippen MR) is 78.8 cm³/mol. The Labute approximate surface area is 117 Å². The van der Waals surface area contributed by atoms with Gasteiger partial charge in [0.15, 0.2) is 0 Å².